The van der Waals surface area contributed by atoms with Gasteiger partial charge in [-0.3, -0.25) is 0 Å². The number of nitrogens with one attached hydrogen (secondary N) is 1. The first kappa shape index (κ1) is 11.8. The lowest BCUT2D eigenvalue weighted by atomic mass is 10.3. The van der Waals surface area contributed by atoms with E-state index in [1.165, 1.54) is 18.4 Å². The molecule has 4 heteroatoms. The van der Waals surface area contributed by atoms with Crippen LogP contribution < -0.4 is 5.32 Å². The van der Waals surface area contributed by atoms with Crippen molar-refractivity contribution in [1.82, 2.24) is 10.3 Å². The van der Waals surface area contributed by atoms with Crippen molar-refractivity contribution in [2.75, 3.05) is 0 Å². The molecule has 0 aliphatic heterocycles. The molecule has 2 heterocycles. The molecule has 0 unspecified atom stereocenters. The number of pyridine rings is 1. The van der Waals surface area contributed by atoms with Crippen molar-refractivity contribution >= 4 is 11.8 Å². The van der Waals surface area contributed by atoms with Crippen LogP contribution in [0.1, 0.15) is 24.2 Å². The molecule has 3 rings (SSSR count). The summed E-state index contributed by atoms with van der Waals surface area (Å²) < 4.78 is 5.29. The van der Waals surface area contributed by atoms with Gasteiger partial charge in [0.15, 0.2) is 0 Å². The van der Waals surface area contributed by atoms with Gasteiger partial charge < -0.3 is 9.73 Å². The topological polar surface area (TPSA) is 38.1 Å². The molecule has 0 spiro atoms. The van der Waals surface area contributed by atoms with Crippen molar-refractivity contribution in [1.29, 1.82) is 0 Å². The molecule has 3 nitrogen and oxygen atoms in total. The Morgan fingerprint density at radius 1 is 1.33 bits per heavy atom. The number of aromatic nitrogens is 1. The summed E-state index contributed by atoms with van der Waals surface area (Å²) in [6.07, 6.45) is 6.31. The van der Waals surface area contributed by atoms with Crippen LogP contribution in [0.25, 0.3) is 0 Å². The van der Waals surface area contributed by atoms with E-state index in [1.807, 2.05) is 18.3 Å². The van der Waals surface area contributed by atoms with Gasteiger partial charge in [-0.1, -0.05) is 17.8 Å². The average Bonchev–Trinajstić information content (AvgIpc) is 3.09. The van der Waals surface area contributed by atoms with Gasteiger partial charge >= 0.3 is 0 Å². The Morgan fingerprint density at radius 2 is 2.28 bits per heavy atom. The van der Waals surface area contributed by atoms with E-state index in [-0.39, 0.29) is 0 Å². The first-order valence-electron chi connectivity index (χ1n) is 6.23. The van der Waals surface area contributed by atoms with E-state index < -0.39 is 0 Å². The molecule has 0 atom stereocenters. The second-order valence-electron chi connectivity index (χ2n) is 4.53. The summed E-state index contributed by atoms with van der Waals surface area (Å²) in [6.45, 7) is 0.931. The van der Waals surface area contributed by atoms with Gasteiger partial charge in [0, 0.05) is 18.8 Å². The van der Waals surface area contributed by atoms with Crippen LogP contribution in [0.4, 0.5) is 0 Å². The quantitative estimate of drug-likeness (QED) is 0.809. The Balaban J connectivity index is 1.50. The zero-order chi connectivity index (χ0) is 12.2. The molecular formula is C14H16N2OS. The largest absolute Gasteiger partial charge is 0.468 e. The van der Waals surface area contributed by atoms with Crippen LogP contribution in [-0.2, 0) is 12.3 Å². The molecule has 0 saturated heterocycles. The van der Waals surface area contributed by atoms with Crippen molar-refractivity contribution < 1.29 is 4.42 Å². The fourth-order valence-electron chi connectivity index (χ4n) is 1.69. The summed E-state index contributed by atoms with van der Waals surface area (Å²) in [5, 5.41) is 4.53. The van der Waals surface area contributed by atoms with Crippen LogP contribution in [0, 0.1) is 0 Å². The third-order valence-electron chi connectivity index (χ3n) is 2.91. The standard InChI is InChI=1S/C14H16N2OS/c1-2-13(17-7-1)10-18-14-6-3-11(9-16-14)8-15-12-4-5-12/h1-3,6-7,9,12,15H,4-5,8,10H2. The minimum atomic E-state index is 0.748. The summed E-state index contributed by atoms with van der Waals surface area (Å²) in [7, 11) is 0. The molecule has 0 amide bonds. The maximum atomic E-state index is 5.29. The third kappa shape index (κ3) is 3.37. The first-order valence-corrected chi connectivity index (χ1v) is 7.22. The number of nitrogens with zero attached hydrogens (tertiary/aromatic N) is 1. The SMILES string of the molecule is c1coc(CSc2ccc(CNC3CC3)cn2)c1. The fraction of sp³-hybridized carbons (Fsp3) is 0.357. The third-order valence-corrected chi connectivity index (χ3v) is 3.88. The van der Waals surface area contributed by atoms with Gasteiger partial charge in [-0.2, -0.15) is 0 Å². The van der Waals surface area contributed by atoms with Crippen molar-refractivity contribution in [3.05, 3.63) is 48.0 Å². The van der Waals surface area contributed by atoms with E-state index >= 15 is 0 Å². The van der Waals surface area contributed by atoms with Gasteiger partial charge in [-0.05, 0) is 36.6 Å². The molecule has 18 heavy (non-hydrogen) atoms. The van der Waals surface area contributed by atoms with Gasteiger partial charge in [-0.25, -0.2) is 4.98 Å². The molecule has 2 aromatic rings. The molecule has 0 radical (unpaired) electrons. The predicted molar refractivity (Wildman–Crippen MR) is 72.4 cm³/mol. The van der Waals surface area contributed by atoms with Gasteiger partial charge in [-0.15, -0.1) is 0 Å². The Hall–Kier alpha value is -1.26. The van der Waals surface area contributed by atoms with Gasteiger partial charge in [0.25, 0.3) is 0 Å². The molecule has 0 bridgehead atoms. The van der Waals surface area contributed by atoms with Crippen LogP contribution in [-0.4, -0.2) is 11.0 Å². The second kappa shape index (κ2) is 5.59. The van der Waals surface area contributed by atoms with Crippen LogP contribution in [0.2, 0.25) is 0 Å². The fourth-order valence-corrected chi connectivity index (χ4v) is 2.44. The lowest BCUT2D eigenvalue weighted by Gasteiger charge is -2.03. The highest BCUT2D eigenvalue weighted by Crippen LogP contribution is 2.22. The molecule has 1 aliphatic rings. The highest BCUT2D eigenvalue weighted by molar-refractivity contribution is 7.98. The van der Waals surface area contributed by atoms with Crippen LogP contribution in [0.5, 0.6) is 0 Å². The average molecular weight is 260 g/mol. The molecule has 2 aromatic heterocycles. The van der Waals surface area contributed by atoms with Crippen molar-refractivity contribution in [3.63, 3.8) is 0 Å². The first-order chi connectivity index (χ1) is 8.90. The van der Waals surface area contributed by atoms with Crippen LogP contribution >= 0.6 is 11.8 Å². The normalized spacial score (nSPS) is 14.9. The summed E-state index contributed by atoms with van der Waals surface area (Å²) >= 11 is 1.70. The number of thioether (sulfide) groups is 1. The van der Waals surface area contributed by atoms with E-state index in [0.717, 1.165) is 29.1 Å². The number of furan rings is 1. The van der Waals surface area contributed by atoms with Crippen molar-refractivity contribution in [2.45, 2.75) is 36.2 Å². The molecule has 1 fully saturated rings. The van der Waals surface area contributed by atoms with Crippen molar-refractivity contribution in [3.8, 4) is 0 Å². The lowest BCUT2D eigenvalue weighted by molar-refractivity contribution is 0.530. The van der Waals surface area contributed by atoms with E-state index in [9.17, 15) is 0 Å². The van der Waals surface area contributed by atoms with Crippen LogP contribution in [0.15, 0.2) is 46.2 Å². The molecular weight excluding hydrogens is 244 g/mol. The Morgan fingerprint density at radius 3 is 2.94 bits per heavy atom. The molecule has 1 aliphatic carbocycles. The van der Waals surface area contributed by atoms with Gasteiger partial charge in [0.2, 0.25) is 0 Å². The summed E-state index contributed by atoms with van der Waals surface area (Å²) in [4.78, 5) is 4.46. The molecule has 94 valence electrons. The lowest BCUT2D eigenvalue weighted by Crippen LogP contribution is -2.15. The summed E-state index contributed by atoms with van der Waals surface area (Å²) in [6, 6.07) is 8.87. The monoisotopic (exact) mass is 260 g/mol. The van der Waals surface area contributed by atoms with Gasteiger partial charge in [0.1, 0.15) is 5.76 Å². The molecule has 0 aromatic carbocycles. The number of rotatable bonds is 6. The van der Waals surface area contributed by atoms with E-state index in [2.05, 4.69) is 22.4 Å². The van der Waals surface area contributed by atoms with Crippen molar-refractivity contribution in [2.24, 2.45) is 0 Å². The van der Waals surface area contributed by atoms with E-state index in [4.69, 9.17) is 4.42 Å². The minimum Gasteiger partial charge on any atom is -0.468 e. The minimum absolute atomic E-state index is 0.748. The summed E-state index contributed by atoms with van der Waals surface area (Å²) in [5.74, 6) is 1.82. The molecule has 1 saturated carbocycles. The number of hydrogen-bond donors (Lipinski definition) is 1. The zero-order valence-electron chi connectivity index (χ0n) is 10.1. The molecule has 1 N–H and O–H groups in total. The highest BCUT2D eigenvalue weighted by atomic mass is 32.2. The number of hydrogen-bond acceptors (Lipinski definition) is 4. The second-order valence-corrected chi connectivity index (χ2v) is 5.52. The maximum absolute atomic E-state index is 5.29. The van der Waals surface area contributed by atoms with Crippen LogP contribution in [0.3, 0.4) is 0 Å². The van der Waals surface area contributed by atoms with E-state index in [0.29, 0.717) is 0 Å². The van der Waals surface area contributed by atoms with E-state index in [1.54, 1.807) is 18.0 Å². The zero-order valence-corrected chi connectivity index (χ0v) is 11.0. The smallest absolute Gasteiger partial charge is 0.114 e. The van der Waals surface area contributed by atoms with Gasteiger partial charge in [0.05, 0.1) is 17.0 Å². The summed E-state index contributed by atoms with van der Waals surface area (Å²) in [5.41, 5.74) is 1.25. The Kier molecular flexibility index (Phi) is 3.67. The highest BCUT2D eigenvalue weighted by Gasteiger charge is 2.19. The predicted octanol–water partition coefficient (Wildman–Crippen LogP) is 3.22. The Labute approximate surface area is 111 Å². The Bertz CT molecular complexity index is 477. The maximum Gasteiger partial charge on any atom is 0.114 e.